The molecule has 4 fully saturated rings. The first-order chi connectivity index (χ1) is 11.1. The Labute approximate surface area is 141 Å². The molecule has 0 bridgehead atoms. The molecule has 0 amide bonds. The first-order valence-electron chi connectivity index (χ1n) is 10.5. The van der Waals surface area contributed by atoms with E-state index in [1.165, 1.54) is 57.8 Å². The number of allylic oxidation sites excluding steroid dienone is 2. The van der Waals surface area contributed by atoms with E-state index in [1.807, 2.05) is 0 Å². The van der Waals surface area contributed by atoms with Gasteiger partial charge in [-0.25, -0.2) is 0 Å². The maximum atomic E-state index is 10.2. The molecule has 8 atom stereocenters. The summed E-state index contributed by atoms with van der Waals surface area (Å²) in [4.78, 5) is 0. The van der Waals surface area contributed by atoms with Crippen LogP contribution in [0.1, 0.15) is 77.6 Å². The van der Waals surface area contributed by atoms with Crippen LogP contribution in [0.25, 0.3) is 0 Å². The fraction of sp³-hybridized carbons (Fsp3) is 0.909. The van der Waals surface area contributed by atoms with Gasteiger partial charge < -0.3 is 5.11 Å². The number of rotatable bonds is 0. The minimum atomic E-state index is -0.00306. The number of fused-ring (bicyclic) bond motifs is 4. The Morgan fingerprint density at radius 1 is 0.870 bits per heavy atom. The summed E-state index contributed by atoms with van der Waals surface area (Å²) >= 11 is 0. The summed E-state index contributed by atoms with van der Waals surface area (Å²) in [5.74, 6) is 4.76. The van der Waals surface area contributed by atoms with E-state index in [-0.39, 0.29) is 6.10 Å². The molecular weight excluding hydrogens is 280 g/mol. The Morgan fingerprint density at radius 2 is 1.74 bits per heavy atom. The van der Waals surface area contributed by atoms with Gasteiger partial charge in [-0.15, -0.1) is 0 Å². The van der Waals surface area contributed by atoms with Gasteiger partial charge in [-0.3, -0.25) is 0 Å². The lowest BCUT2D eigenvalue weighted by atomic mass is 9.44. The van der Waals surface area contributed by atoms with E-state index in [0.29, 0.717) is 10.8 Å². The van der Waals surface area contributed by atoms with Crippen LogP contribution < -0.4 is 0 Å². The summed E-state index contributed by atoms with van der Waals surface area (Å²) in [6, 6.07) is 0. The van der Waals surface area contributed by atoms with E-state index in [2.05, 4.69) is 19.1 Å². The van der Waals surface area contributed by atoms with Gasteiger partial charge in [-0.2, -0.15) is 0 Å². The molecule has 1 N–H and O–H groups in total. The second kappa shape index (κ2) is 5.10. The lowest BCUT2D eigenvalue weighted by molar-refractivity contribution is -0.121. The van der Waals surface area contributed by atoms with Crippen molar-refractivity contribution in [3.63, 3.8) is 0 Å². The molecule has 128 valence electrons. The first-order valence-corrected chi connectivity index (χ1v) is 10.5. The lowest BCUT2D eigenvalue weighted by Crippen LogP contribution is -2.54. The smallest absolute Gasteiger partial charge is 0.0543 e. The van der Waals surface area contributed by atoms with Crippen LogP contribution >= 0.6 is 0 Å². The van der Waals surface area contributed by atoms with Gasteiger partial charge in [-0.1, -0.05) is 19.1 Å². The highest BCUT2D eigenvalue weighted by Gasteiger charge is 2.60. The normalized spacial score (nSPS) is 58.0. The summed E-state index contributed by atoms with van der Waals surface area (Å²) in [5.41, 5.74) is 1.15. The fourth-order valence-corrected chi connectivity index (χ4v) is 8.43. The summed E-state index contributed by atoms with van der Waals surface area (Å²) in [5, 5.41) is 10.2. The van der Waals surface area contributed by atoms with E-state index in [1.54, 1.807) is 0 Å². The van der Waals surface area contributed by atoms with Crippen molar-refractivity contribution in [1.29, 1.82) is 0 Å². The van der Waals surface area contributed by atoms with Crippen LogP contribution in [0.4, 0.5) is 0 Å². The highest BCUT2D eigenvalue weighted by molar-refractivity contribution is 5.18. The van der Waals surface area contributed by atoms with Crippen molar-refractivity contribution in [3.8, 4) is 0 Å². The van der Waals surface area contributed by atoms with Crippen LogP contribution in [-0.2, 0) is 0 Å². The summed E-state index contributed by atoms with van der Waals surface area (Å²) in [6.07, 6.45) is 20.3. The Balaban J connectivity index is 1.47. The average Bonchev–Trinajstić information content (AvgIpc) is 2.95. The topological polar surface area (TPSA) is 20.2 Å². The molecule has 5 aliphatic carbocycles. The Bertz CT molecular complexity index is 510. The molecule has 1 nitrogen and oxygen atoms in total. The molecular formula is C22H34O. The Hall–Kier alpha value is -0.300. The zero-order valence-electron chi connectivity index (χ0n) is 14.8. The van der Waals surface area contributed by atoms with E-state index in [0.717, 1.165) is 42.4 Å². The van der Waals surface area contributed by atoms with Crippen molar-refractivity contribution in [2.24, 2.45) is 40.4 Å². The van der Waals surface area contributed by atoms with E-state index in [9.17, 15) is 5.11 Å². The minimum Gasteiger partial charge on any atom is -0.393 e. The quantitative estimate of drug-likeness (QED) is 0.599. The molecule has 0 unspecified atom stereocenters. The SMILES string of the molecule is C[C@]12CC[C@@H](O)C[C@@H]1CC[C@@H]1[C@@H]2CC[C@@]23C=CCC[C@H]2CC[C@@H]13. The monoisotopic (exact) mass is 314 g/mol. The summed E-state index contributed by atoms with van der Waals surface area (Å²) in [7, 11) is 0. The van der Waals surface area contributed by atoms with Gasteiger partial charge in [0.05, 0.1) is 6.10 Å². The third-order valence-electron chi connectivity index (χ3n) is 9.51. The number of hydrogen-bond donors (Lipinski definition) is 1. The second-order valence-electron chi connectivity index (χ2n) is 9.99. The summed E-state index contributed by atoms with van der Waals surface area (Å²) < 4.78 is 0. The second-order valence-corrected chi connectivity index (χ2v) is 9.99. The first kappa shape index (κ1) is 15.0. The van der Waals surface area contributed by atoms with Gasteiger partial charge in [0.1, 0.15) is 0 Å². The average molecular weight is 315 g/mol. The van der Waals surface area contributed by atoms with Crippen molar-refractivity contribution in [3.05, 3.63) is 12.2 Å². The minimum absolute atomic E-state index is 0.00306. The van der Waals surface area contributed by atoms with Gasteiger partial charge in [0.15, 0.2) is 0 Å². The van der Waals surface area contributed by atoms with Gasteiger partial charge in [0, 0.05) is 0 Å². The van der Waals surface area contributed by atoms with E-state index < -0.39 is 0 Å². The maximum Gasteiger partial charge on any atom is 0.0543 e. The van der Waals surface area contributed by atoms with Gasteiger partial charge in [-0.05, 0) is 111 Å². The van der Waals surface area contributed by atoms with Crippen molar-refractivity contribution >= 4 is 0 Å². The largest absolute Gasteiger partial charge is 0.393 e. The highest BCUT2D eigenvalue weighted by Crippen LogP contribution is 2.69. The predicted molar refractivity (Wildman–Crippen MR) is 93.9 cm³/mol. The third kappa shape index (κ3) is 1.95. The molecule has 0 aromatic carbocycles. The number of hydrogen-bond acceptors (Lipinski definition) is 1. The standard InChI is InChI=1S/C22H34O/c1-21-12-9-17(23)14-16(21)5-7-18-19(21)10-13-22-11-3-2-4-15(22)6-8-20(18)22/h3,11,15-20,23H,2,4-10,12-14H2,1H3/t15-,16-,17+,18+,19-,20-,21-,22-/m0/s1. The molecule has 0 aromatic rings. The number of aliphatic hydroxyl groups excluding tert-OH is 1. The Morgan fingerprint density at radius 3 is 2.65 bits per heavy atom. The van der Waals surface area contributed by atoms with Crippen LogP contribution in [-0.4, -0.2) is 11.2 Å². The predicted octanol–water partition coefficient (Wildman–Crippen LogP) is 5.34. The van der Waals surface area contributed by atoms with Gasteiger partial charge in [0.2, 0.25) is 0 Å². The van der Waals surface area contributed by atoms with Gasteiger partial charge >= 0.3 is 0 Å². The molecule has 4 saturated carbocycles. The molecule has 0 heterocycles. The molecule has 1 spiro atoms. The lowest BCUT2D eigenvalue weighted by Gasteiger charge is -2.61. The molecule has 0 saturated heterocycles. The molecule has 5 aliphatic rings. The maximum absolute atomic E-state index is 10.2. The van der Waals surface area contributed by atoms with Crippen molar-refractivity contribution in [1.82, 2.24) is 0 Å². The van der Waals surface area contributed by atoms with Crippen LogP contribution in [0.5, 0.6) is 0 Å². The van der Waals surface area contributed by atoms with Crippen LogP contribution in [0.2, 0.25) is 0 Å². The highest BCUT2D eigenvalue weighted by atomic mass is 16.3. The van der Waals surface area contributed by atoms with Crippen LogP contribution in [0.3, 0.4) is 0 Å². The van der Waals surface area contributed by atoms with Crippen molar-refractivity contribution in [2.45, 2.75) is 83.7 Å². The zero-order valence-corrected chi connectivity index (χ0v) is 14.8. The molecule has 0 aliphatic heterocycles. The number of aliphatic hydroxyl groups is 1. The fourth-order valence-electron chi connectivity index (χ4n) is 8.43. The molecule has 23 heavy (non-hydrogen) atoms. The zero-order chi connectivity index (χ0) is 15.7. The molecule has 5 rings (SSSR count). The molecule has 0 radical (unpaired) electrons. The third-order valence-corrected chi connectivity index (χ3v) is 9.51. The van der Waals surface area contributed by atoms with Crippen LogP contribution in [0.15, 0.2) is 12.2 Å². The Kier molecular flexibility index (Phi) is 3.32. The van der Waals surface area contributed by atoms with Crippen molar-refractivity contribution in [2.75, 3.05) is 0 Å². The van der Waals surface area contributed by atoms with E-state index >= 15 is 0 Å². The van der Waals surface area contributed by atoms with Crippen molar-refractivity contribution < 1.29 is 5.11 Å². The molecule has 1 heteroatoms. The summed E-state index contributed by atoms with van der Waals surface area (Å²) in [6.45, 7) is 2.61. The van der Waals surface area contributed by atoms with Gasteiger partial charge in [0.25, 0.3) is 0 Å². The molecule has 0 aromatic heterocycles. The van der Waals surface area contributed by atoms with Crippen LogP contribution in [0, 0.1) is 40.4 Å². The van der Waals surface area contributed by atoms with E-state index in [4.69, 9.17) is 0 Å².